The number of amides is 1. The van der Waals surface area contributed by atoms with Crippen LogP contribution in [-0.4, -0.2) is 18.7 Å². The molecule has 0 spiro atoms. The van der Waals surface area contributed by atoms with E-state index in [2.05, 4.69) is 21.2 Å². The number of methoxy groups -OCH3 is 1. The van der Waals surface area contributed by atoms with Crippen LogP contribution in [0.15, 0.2) is 22.7 Å². The molecule has 88 valence electrons. The third-order valence-electron chi connectivity index (χ3n) is 1.95. The summed E-state index contributed by atoms with van der Waals surface area (Å²) in [5, 5.41) is 2.47. The number of alkyl halides is 1. The molecule has 0 saturated carbocycles. The second kappa shape index (κ2) is 4.82. The molecule has 0 unspecified atom stereocenters. The molecule has 5 heteroatoms. The molecule has 0 aliphatic carbocycles. The van der Waals surface area contributed by atoms with Gasteiger partial charge in [-0.1, -0.05) is 15.9 Å². The molecule has 1 rings (SSSR count). The average molecular weight is 290 g/mol. The van der Waals surface area contributed by atoms with E-state index in [0.717, 1.165) is 4.47 Å². The molecule has 0 aliphatic heterocycles. The molecule has 0 aromatic heterocycles. The SMILES string of the molecule is COc1ccc(Br)cc1NC(=O)C(C)(C)F. The molecule has 16 heavy (non-hydrogen) atoms. The number of halogens is 2. The molecule has 0 radical (unpaired) electrons. The highest BCUT2D eigenvalue weighted by molar-refractivity contribution is 9.10. The van der Waals surface area contributed by atoms with E-state index in [0.29, 0.717) is 11.4 Å². The van der Waals surface area contributed by atoms with Crippen LogP contribution in [0.3, 0.4) is 0 Å². The lowest BCUT2D eigenvalue weighted by Gasteiger charge is -2.16. The zero-order valence-corrected chi connectivity index (χ0v) is 10.9. The molecule has 0 heterocycles. The van der Waals surface area contributed by atoms with E-state index in [1.54, 1.807) is 18.2 Å². The summed E-state index contributed by atoms with van der Waals surface area (Å²) < 4.78 is 19.2. The summed E-state index contributed by atoms with van der Waals surface area (Å²) in [5.41, 5.74) is -1.49. The molecule has 1 aromatic carbocycles. The van der Waals surface area contributed by atoms with Crippen LogP contribution in [0, 0.1) is 0 Å². The highest BCUT2D eigenvalue weighted by atomic mass is 79.9. The Labute approximate surface area is 102 Å². The lowest BCUT2D eigenvalue weighted by molar-refractivity contribution is -0.125. The van der Waals surface area contributed by atoms with Crippen LogP contribution in [0.25, 0.3) is 0 Å². The van der Waals surface area contributed by atoms with E-state index < -0.39 is 11.6 Å². The number of ether oxygens (including phenoxy) is 1. The second-order valence-corrected chi connectivity index (χ2v) is 4.69. The summed E-state index contributed by atoms with van der Waals surface area (Å²) in [6, 6.07) is 5.11. The van der Waals surface area contributed by atoms with Crippen molar-refractivity contribution in [2.75, 3.05) is 12.4 Å². The lowest BCUT2D eigenvalue weighted by Crippen LogP contribution is -2.32. The zero-order chi connectivity index (χ0) is 12.3. The van der Waals surface area contributed by atoms with Gasteiger partial charge < -0.3 is 10.1 Å². The Morgan fingerprint density at radius 1 is 1.50 bits per heavy atom. The molecular formula is C11H13BrFNO2. The quantitative estimate of drug-likeness (QED) is 0.928. The van der Waals surface area contributed by atoms with Gasteiger partial charge in [0, 0.05) is 4.47 Å². The minimum absolute atomic E-state index is 0.438. The summed E-state index contributed by atoms with van der Waals surface area (Å²) in [7, 11) is 1.49. The van der Waals surface area contributed by atoms with Gasteiger partial charge in [-0.25, -0.2) is 4.39 Å². The Hall–Kier alpha value is -1.10. The van der Waals surface area contributed by atoms with Crippen molar-refractivity contribution >= 4 is 27.5 Å². The molecule has 0 atom stereocenters. The number of anilines is 1. The van der Waals surface area contributed by atoms with Crippen molar-refractivity contribution in [1.82, 2.24) is 0 Å². The van der Waals surface area contributed by atoms with Gasteiger partial charge in [-0.15, -0.1) is 0 Å². The minimum atomic E-state index is -1.92. The van der Waals surface area contributed by atoms with Gasteiger partial charge in [-0.05, 0) is 32.0 Å². The van der Waals surface area contributed by atoms with Gasteiger partial charge in [0.15, 0.2) is 5.67 Å². The van der Waals surface area contributed by atoms with E-state index in [4.69, 9.17) is 4.74 Å². The summed E-state index contributed by atoms with van der Waals surface area (Å²) >= 11 is 3.27. The molecular weight excluding hydrogens is 277 g/mol. The number of nitrogens with one attached hydrogen (secondary N) is 1. The molecule has 3 nitrogen and oxygen atoms in total. The van der Waals surface area contributed by atoms with Crippen molar-refractivity contribution in [2.24, 2.45) is 0 Å². The maximum Gasteiger partial charge on any atom is 0.261 e. The predicted molar refractivity (Wildman–Crippen MR) is 64.5 cm³/mol. The molecule has 0 fully saturated rings. The van der Waals surface area contributed by atoms with Crippen LogP contribution in [0.1, 0.15) is 13.8 Å². The van der Waals surface area contributed by atoms with Gasteiger partial charge in [-0.3, -0.25) is 4.79 Å². The number of hydrogen-bond donors (Lipinski definition) is 1. The fraction of sp³-hybridized carbons (Fsp3) is 0.364. The zero-order valence-electron chi connectivity index (χ0n) is 9.30. The first kappa shape index (κ1) is 13.0. The standard InChI is InChI=1S/C11H13BrFNO2/c1-11(2,13)10(15)14-8-6-7(12)4-5-9(8)16-3/h4-6H,1-3H3,(H,14,15). The Bertz CT molecular complexity index is 401. The third-order valence-corrected chi connectivity index (χ3v) is 2.44. The Morgan fingerprint density at radius 2 is 2.12 bits per heavy atom. The number of rotatable bonds is 3. The van der Waals surface area contributed by atoms with E-state index in [1.165, 1.54) is 21.0 Å². The van der Waals surface area contributed by atoms with E-state index >= 15 is 0 Å². The van der Waals surface area contributed by atoms with Crippen LogP contribution >= 0.6 is 15.9 Å². The number of hydrogen-bond acceptors (Lipinski definition) is 2. The third kappa shape index (κ3) is 3.20. The first-order valence-electron chi connectivity index (χ1n) is 4.68. The Morgan fingerprint density at radius 3 is 2.62 bits per heavy atom. The summed E-state index contributed by atoms with van der Waals surface area (Å²) in [6.07, 6.45) is 0. The van der Waals surface area contributed by atoms with E-state index in [1.807, 2.05) is 0 Å². The monoisotopic (exact) mass is 289 g/mol. The van der Waals surface area contributed by atoms with E-state index in [-0.39, 0.29) is 0 Å². The molecule has 0 aliphatic rings. The van der Waals surface area contributed by atoms with Gasteiger partial charge in [0.05, 0.1) is 12.8 Å². The normalized spacial score (nSPS) is 11.1. The summed E-state index contributed by atoms with van der Waals surface area (Å²) in [5.74, 6) is -0.218. The highest BCUT2D eigenvalue weighted by Gasteiger charge is 2.27. The number of carbonyl (C=O) groups excluding carboxylic acids is 1. The first-order chi connectivity index (χ1) is 7.34. The van der Waals surface area contributed by atoms with Gasteiger partial charge in [0.1, 0.15) is 5.75 Å². The Balaban J connectivity index is 2.96. The summed E-state index contributed by atoms with van der Waals surface area (Å²) in [4.78, 5) is 11.5. The minimum Gasteiger partial charge on any atom is -0.495 e. The fourth-order valence-corrected chi connectivity index (χ4v) is 1.41. The van der Waals surface area contributed by atoms with Crippen molar-refractivity contribution in [2.45, 2.75) is 19.5 Å². The molecule has 0 bridgehead atoms. The lowest BCUT2D eigenvalue weighted by atomic mass is 10.1. The van der Waals surface area contributed by atoms with Gasteiger partial charge in [0.25, 0.3) is 5.91 Å². The highest BCUT2D eigenvalue weighted by Crippen LogP contribution is 2.28. The topological polar surface area (TPSA) is 38.3 Å². The van der Waals surface area contributed by atoms with Crippen molar-refractivity contribution in [3.63, 3.8) is 0 Å². The van der Waals surface area contributed by atoms with Gasteiger partial charge >= 0.3 is 0 Å². The smallest absolute Gasteiger partial charge is 0.261 e. The largest absolute Gasteiger partial charge is 0.495 e. The number of carbonyl (C=O) groups is 1. The van der Waals surface area contributed by atoms with Crippen molar-refractivity contribution < 1.29 is 13.9 Å². The molecule has 0 saturated heterocycles. The maximum absolute atomic E-state index is 13.3. The van der Waals surface area contributed by atoms with Crippen LogP contribution in [0.5, 0.6) is 5.75 Å². The number of benzene rings is 1. The summed E-state index contributed by atoms with van der Waals surface area (Å²) in [6.45, 7) is 2.40. The van der Waals surface area contributed by atoms with Crippen LogP contribution < -0.4 is 10.1 Å². The van der Waals surface area contributed by atoms with Crippen molar-refractivity contribution in [1.29, 1.82) is 0 Å². The first-order valence-corrected chi connectivity index (χ1v) is 5.48. The molecule has 1 aromatic rings. The predicted octanol–water partition coefficient (Wildman–Crippen LogP) is 3.14. The fourth-order valence-electron chi connectivity index (χ4n) is 1.05. The molecule has 1 N–H and O–H groups in total. The second-order valence-electron chi connectivity index (χ2n) is 3.77. The van der Waals surface area contributed by atoms with Crippen LogP contribution in [-0.2, 0) is 4.79 Å². The maximum atomic E-state index is 13.3. The van der Waals surface area contributed by atoms with Gasteiger partial charge in [0.2, 0.25) is 0 Å². The van der Waals surface area contributed by atoms with E-state index in [9.17, 15) is 9.18 Å². The van der Waals surface area contributed by atoms with Gasteiger partial charge in [-0.2, -0.15) is 0 Å². The Kier molecular flexibility index (Phi) is 3.91. The average Bonchev–Trinajstić information content (AvgIpc) is 2.16. The van der Waals surface area contributed by atoms with Crippen LogP contribution in [0.4, 0.5) is 10.1 Å². The van der Waals surface area contributed by atoms with Crippen LogP contribution in [0.2, 0.25) is 0 Å². The van der Waals surface area contributed by atoms with Crippen molar-refractivity contribution in [3.05, 3.63) is 22.7 Å². The molecule has 1 amide bonds. The van der Waals surface area contributed by atoms with Crippen molar-refractivity contribution in [3.8, 4) is 5.75 Å².